The second-order valence-electron chi connectivity index (χ2n) is 5.51. The molecule has 2 amide bonds. The monoisotopic (exact) mass is 369 g/mol. The van der Waals surface area contributed by atoms with Gasteiger partial charge in [0.05, 0.1) is 30.5 Å². The van der Waals surface area contributed by atoms with E-state index in [0.29, 0.717) is 17.8 Å². The van der Waals surface area contributed by atoms with Gasteiger partial charge in [0.1, 0.15) is 5.56 Å². The Labute approximate surface area is 152 Å². The molecule has 7 nitrogen and oxygen atoms in total. The number of nitrogens with zero attached hydrogens (tertiary/aromatic N) is 3. The van der Waals surface area contributed by atoms with Gasteiger partial charge in [0, 0.05) is 11.3 Å². The molecule has 0 aliphatic heterocycles. The first kappa shape index (κ1) is 18.1. The van der Waals surface area contributed by atoms with Crippen LogP contribution in [0, 0.1) is 18.6 Å². The highest BCUT2D eigenvalue weighted by molar-refractivity contribution is 6.04. The smallest absolute Gasteiger partial charge is 0.262 e. The molecular weight excluding hydrogens is 356 g/mol. The number of anilines is 2. The average Bonchev–Trinajstić information content (AvgIpc) is 2.64. The van der Waals surface area contributed by atoms with Gasteiger partial charge in [-0.05, 0) is 24.6 Å². The predicted molar refractivity (Wildman–Crippen MR) is 94.0 cm³/mol. The molecule has 2 aromatic heterocycles. The number of aryl methyl sites for hydroxylation is 1. The molecule has 27 heavy (non-hydrogen) atoms. The summed E-state index contributed by atoms with van der Waals surface area (Å²) < 4.78 is 27.2. The fraction of sp³-hybridized carbons (Fsp3) is 0.0556. The normalized spacial score (nSPS) is 10.3. The average molecular weight is 369 g/mol. The Morgan fingerprint density at radius 1 is 1.07 bits per heavy atom. The van der Waals surface area contributed by atoms with E-state index in [2.05, 4.69) is 25.6 Å². The summed E-state index contributed by atoms with van der Waals surface area (Å²) in [6.45, 7) is 1.87. The first-order chi connectivity index (χ1) is 13.0. The summed E-state index contributed by atoms with van der Waals surface area (Å²) in [5.41, 5.74) is 1.98. The summed E-state index contributed by atoms with van der Waals surface area (Å²) >= 11 is 0. The summed E-state index contributed by atoms with van der Waals surface area (Å²) in [4.78, 5) is 34.2. The lowest BCUT2D eigenvalue weighted by molar-refractivity contribution is -0.105. The molecule has 3 rings (SSSR count). The molecule has 1 aromatic carbocycles. The van der Waals surface area contributed by atoms with Gasteiger partial charge in [0.2, 0.25) is 6.41 Å². The number of carbonyl (C=O) groups is 2. The zero-order chi connectivity index (χ0) is 19.4. The van der Waals surface area contributed by atoms with Crippen molar-refractivity contribution in [3.05, 3.63) is 65.7 Å². The van der Waals surface area contributed by atoms with Crippen LogP contribution in [0.2, 0.25) is 0 Å². The van der Waals surface area contributed by atoms with Crippen LogP contribution in [0.15, 0.2) is 43.0 Å². The SMILES string of the molecule is Cc1ccc(NC=O)cc1-c1cnc(NC(=O)c2c(F)cncc2F)cn1. The minimum Gasteiger partial charge on any atom is -0.329 e. The van der Waals surface area contributed by atoms with Crippen molar-refractivity contribution in [2.24, 2.45) is 0 Å². The quantitative estimate of drug-likeness (QED) is 0.674. The Balaban J connectivity index is 1.83. The van der Waals surface area contributed by atoms with Crippen molar-refractivity contribution in [2.45, 2.75) is 6.92 Å². The molecule has 0 saturated carbocycles. The van der Waals surface area contributed by atoms with E-state index >= 15 is 0 Å². The molecule has 0 atom stereocenters. The zero-order valence-corrected chi connectivity index (χ0v) is 14.0. The van der Waals surface area contributed by atoms with Crippen LogP contribution in [0.25, 0.3) is 11.3 Å². The predicted octanol–water partition coefficient (Wildman–Crippen LogP) is 2.95. The van der Waals surface area contributed by atoms with Crippen molar-refractivity contribution in [1.82, 2.24) is 15.0 Å². The summed E-state index contributed by atoms with van der Waals surface area (Å²) in [6, 6.07) is 5.29. The van der Waals surface area contributed by atoms with Crippen molar-refractivity contribution in [3.8, 4) is 11.3 Å². The van der Waals surface area contributed by atoms with Gasteiger partial charge < -0.3 is 10.6 Å². The lowest BCUT2D eigenvalue weighted by atomic mass is 10.1. The number of hydrogen-bond acceptors (Lipinski definition) is 5. The molecule has 0 unspecified atom stereocenters. The van der Waals surface area contributed by atoms with Crippen LogP contribution in [0.5, 0.6) is 0 Å². The molecule has 9 heteroatoms. The largest absolute Gasteiger partial charge is 0.329 e. The number of nitrogens with one attached hydrogen (secondary N) is 2. The lowest BCUT2D eigenvalue weighted by Gasteiger charge is -2.09. The van der Waals surface area contributed by atoms with Crippen LogP contribution in [-0.2, 0) is 4.79 Å². The van der Waals surface area contributed by atoms with Gasteiger partial charge >= 0.3 is 0 Å². The first-order valence-corrected chi connectivity index (χ1v) is 7.73. The number of carbonyl (C=O) groups excluding carboxylic acids is 2. The number of amides is 2. The molecule has 0 saturated heterocycles. The highest BCUT2D eigenvalue weighted by Gasteiger charge is 2.18. The van der Waals surface area contributed by atoms with Gasteiger partial charge in [-0.3, -0.25) is 19.6 Å². The molecule has 0 aliphatic rings. The third kappa shape index (κ3) is 3.92. The van der Waals surface area contributed by atoms with E-state index in [1.807, 2.05) is 13.0 Å². The Kier molecular flexibility index (Phi) is 5.11. The number of rotatable bonds is 5. The Hall–Kier alpha value is -3.75. The van der Waals surface area contributed by atoms with E-state index in [1.165, 1.54) is 12.4 Å². The summed E-state index contributed by atoms with van der Waals surface area (Å²) in [5.74, 6) is -3.12. The maximum atomic E-state index is 13.6. The van der Waals surface area contributed by atoms with E-state index in [-0.39, 0.29) is 5.82 Å². The number of halogens is 2. The summed E-state index contributed by atoms with van der Waals surface area (Å²) in [7, 11) is 0. The molecule has 2 heterocycles. The first-order valence-electron chi connectivity index (χ1n) is 7.73. The fourth-order valence-corrected chi connectivity index (χ4v) is 2.39. The minimum absolute atomic E-state index is 0.0270. The van der Waals surface area contributed by atoms with Crippen LogP contribution in [0.3, 0.4) is 0 Å². The summed E-state index contributed by atoms with van der Waals surface area (Å²) in [6.07, 6.45) is 4.73. The number of benzene rings is 1. The topological polar surface area (TPSA) is 96.9 Å². The fourth-order valence-electron chi connectivity index (χ4n) is 2.39. The Bertz CT molecular complexity index is 989. The van der Waals surface area contributed by atoms with Gasteiger partial charge in [0.25, 0.3) is 5.91 Å². The van der Waals surface area contributed by atoms with Crippen molar-refractivity contribution >= 4 is 23.8 Å². The number of aromatic nitrogens is 3. The molecule has 0 fully saturated rings. The molecule has 0 spiro atoms. The molecule has 3 aromatic rings. The Morgan fingerprint density at radius 2 is 1.81 bits per heavy atom. The molecule has 0 bridgehead atoms. The molecular formula is C18H13F2N5O2. The minimum atomic E-state index is -1.08. The van der Waals surface area contributed by atoms with Crippen molar-refractivity contribution in [2.75, 3.05) is 10.6 Å². The molecule has 0 radical (unpaired) electrons. The molecule has 2 N–H and O–H groups in total. The van der Waals surface area contributed by atoms with E-state index in [9.17, 15) is 18.4 Å². The van der Waals surface area contributed by atoms with E-state index < -0.39 is 23.1 Å². The standard InChI is InChI=1S/C18H13F2N5O2/c1-10-2-3-11(24-9-26)4-12(10)15-7-23-16(8-22-15)25-18(27)17-13(19)5-21-6-14(17)20/h2-9H,1H3,(H,24,26)(H,23,25,27). The zero-order valence-electron chi connectivity index (χ0n) is 14.0. The van der Waals surface area contributed by atoms with Gasteiger partial charge in [-0.1, -0.05) is 6.07 Å². The van der Waals surface area contributed by atoms with E-state index in [0.717, 1.165) is 23.5 Å². The van der Waals surface area contributed by atoms with Crippen LogP contribution in [0.4, 0.5) is 20.3 Å². The molecule has 0 aliphatic carbocycles. The van der Waals surface area contributed by atoms with Crippen LogP contribution in [-0.4, -0.2) is 27.3 Å². The summed E-state index contributed by atoms with van der Waals surface area (Å²) in [5, 5.41) is 4.84. The van der Waals surface area contributed by atoms with E-state index in [4.69, 9.17) is 0 Å². The maximum Gasteiger partial charge on any atom is 0.262 e. The van der Waals surface area contributed by atoms with Crippen molar-refractivity contribution in [1.29, 1.82) is 0 Å². The van der Waals surface area contributed by atoms with Crippen LogP contribution in [0.1, 0.15) is 15.9 Å². The third-order valence-corrected chi connectivity index (χ3v) is 3.71. The van der Waals surface area contributed by atoms with Gasteiger partial charge in [-0.15, -0.1) is 0 Å². The second kappa shape index (κ2) is 7.65. The van der Waals surface area contributed by atoms with Crippen LogP contribution < -0.4 is 10.6 Å². The molecule has 136 valence electrons. The third-order valence-electron chi connectivity index (χ3n) is 3.71. The van der Waals surface area contributed by atoms with Gasteiger partial charge in [-0.2, -0.15) is 0 Å². The van der Waals surface area contributed by atoms with E-state index in [1.54, 1.807) is 12.1 Å². The van der Waals surface area contributed by atoms with Crippen LogP contribution >= 0.6 is 0 Å². The highest BCUT2D eigenvalue weighted by Crippen LogP contribution is 2.25. The number of hydrogen-bond donors (Lipinski definition) is 2. The maximum absolute atomic E-state index is 13.6. The van der Waals surface area contributed by atoms with Crippen molar-refractivity contribution < 1.29 is 18.4 Å². The van der Waals surface area contributed by atoms with Gasteiger partial charge in [-0.25, -0.2) is 13.8 Å². The second-order valence-corrected chi connectivity index (χ2v) is 5.51. The number of pyridine rings is 1. The lowest BCUT2D eigenvalue weighted by Crippen LogP contribution is -2.17. The highest BCUT2D eigenvalue weighted by atomic mass is 19.1. The van der Waals surface area contributed by atoms with Gasteiger partial charge in [0.15, 0.2) is 17.5 Å². The van der Waals surface area contributed by atoms with Crippen molar-refractivity contribution in [3.63, 3.8) is 0 Å². The Morgan fingerprint density at radius 3 is 2.44 bits per heavy atom.